The van der Waals surface area contributed by atoms with Gasteiger partial charge in [0.25, 0.3) is 10.0 Å². The van der Waals surface area contributed by atoms with Crippen LogP contribution in [0.3, 0.4) is 0 Å². The van der Waals surface area contributed by atoms with E-state index in [1.807, 2.05) is 0 Å². The zero-order chi connectivity index (χ0) is 17.2. The monoisotopic (exact) mass is 351 g/mol. The van der Waals surface area contributed by atoms with Crippen molar-refractivity contribution in [3.63, 3.8) is 0 Å². The minimum atomic E-state index is -4.37. The summed E-state index contributed by atoms with van der Waals surface area (Å²) in [6.07, 6.45) is 1.31. The highest BCUT2D eigenvalue weighted by Crippen LogP contribution is 2.30. The van der Waals surface area contributed by atoms with Crippen LogP contribution in [-0.2, 0) is 10.0 Å². The molecular weight excluding hydrogens is 340 g/mol. The Bertz CT molecular complexity index is 946. The molecule has 1 heterocycles. The van der Waals surface area contributed by atoms with Gasteiger partial charge >= 0.3 is 0 Å². The van der Waals surface area contributed by atoms with Gasteiger partial charge in [0.2, 0.25) is 0 Å². The number of nitrogens with zero attached hydrogens (tertiary/aromatic N) is 1. The van der Waals surface area contributed by atoms with Crippen molar-refractivity contribution in [3.05, 3.63) is 66.4 Å². The van der Waals surface area contributed by atoms with E-state index < -0.39 is 32.3 Å². The molecule has 0 atom stereocenters. The maximum atomic E-state index is 14.5. The number of para-hydroxylation sites is 1. The molecule has 1 aromatic heterocycles. The number of sulfonamides is 1. The van der Waals surface area contributed by atoms with Crippen LogP contribution in [0, 0.1) is 11.6 Å². The van der Waals surface area contributed by atoms with E-state index in [1.54, 1.807) is 18.2 Å². The van der Waals surface area contributed by atoms with Gasteiger partial charge in [-0.2, -0.15) is 5.10 Å². The van der Waals surface area contributed by atoms with Gasteiger partial charge in [0.15, 0.2) is 11.6 Å². The van der Waals surface area contributed by atoms with Gasteiger partial charge in [0.1, 0.15) is 22.3 Å². The highest BCUT2D eigenvalue weighted by Gasteiger charge is 2.24. The van der Waals surface area contributed by atoms with E-state index in [9.17, 15) is 17.2 Å². The van der Waals surface area contributed by atoms with E-state index in [2.05, 4.69) is 14.9 Å². The average molecular weight is 351 g/mol. The van der Waals surface area contributed by atoms with E-state index in [-0.39, 0.29) is 11.6 Å². The summed E-state index contributed by atoms with van der Waals surface area (Å²) in [5.41, 5.74) is 0. The molecule has 0 spiro atoms. The molecule has 9 heteroatoms. The Morgan fingerprint density at radius 1 is 1.08 bits per heavy atom. The van der Waals surface area contributed by atoms with Gasteiger partial charge in [-0.3, -0.25) is 9.82 Å². The Labute approximate surface area is 136 Å². The van der Waals surface area contributed by atoms with Crippen LogP contribution in [0.4, 0.5) is 14.6 Å². The first kappa shape index (κ1) is 15.9. The molecular formula is C15H11F2N3O3S. The molecule has 0 aliphatic carbocycles. The molecule has 0 saturated heterocycles. The zero-order valence-corrected chi connectivity index (χ0v) is 12.8. The van der Waals surface area contributed by atoms with E-state index in [4.69, 9.17) is 4.74 Å². The Morgan fingerprint density at radius 2 is 1.83 bits per heavy atom. The highest BCUT2D eigenvalue weighted by atomic mass is 32.2. The molecule has 0 bridgehead atoms. The third kappa shape index (κ3) is 3.35. The lowest BCUT2D eigenvalue weighted by molar-refractivity contribution is 0.426. The van der Waals surface area contributed by atoms with Crippen LogP contribution >= 0.6 is 0 Å². The number of aromatic amines is 1. The second-order valence-corrected chi connectivity index (χ2v) is 6.36. The molecule has 0 unspecified atom stereocenters. The topological polar surface area (TPSA) is 84.1 Å². The molecule has 0 radical (unpaired) electrons. The summed E-state index contributed by atoms with van der Waals surface area (Å²) >= 11 is 0. The van der Waals surface area contributed by atoms with E-state index in [0.29, 0.717) is 6.07 Å². The molecule has 3 aromatic rings. The van der Waals surface area contributed by atoms with Crippen molar-refractivity contribution >= 4 is 15.8 Å². The number of halogens is 2. The van der Waals surface area contributed by atoms with Crippen LogP contribution in [0.15, 0.2) is 59.6 Å². The van der Waals surface area contributed by atoms with Crippen molar-refractivity contribution in [3.8, 4) is 11.5 Å². The third-order valence-electron chi connectivity index (χ3n) is 2.98. The minimum Gasteiger partial charge on any atom is -0.454 e. The van der Waals surface area contributed by atoms with Gasteiger partial charge in [0.05, 0.1) is 6.20 Å². The van der Waals surface area contributed by atoms with Crippen molar-refractivity contribution in [2.75, 3.05) is 4.72 Å². The van der Waals surface area contributed by atoms with E-state index in [1.165, 1.54) is 24.4 Å². The number of ether oxygens (including phenoxy) is 1. The second-order valence-electron chi connectivity index (χ2n) is 4.71. The summed E-state index contributed by atoms with van der Waals surface area (Å²) in [7, 11) is -4.37. The Hall–Kier alpha value is -2.94. The van der Waals surface area contributed by atoms with Crippen LogP contribution in [0.25, 0.3) is 0 Å². The van der Waals surface area contributed by atoms with Crippen LogP contribution in [0.5, 0.6) is 11.5 Å². The second kappa shape index (κ2) is 6.28. The van der Waals surface area contributed by atoms with Gasteiger partial charge in [0, 0.05) is 12.1 Å². The fourth-order valence-corrected chi connectivity index (χ4v) is 3.06. The van der Waals surface area contributed by atoms with Crippen LogP contribution < -0.4 is 9.46 Å². The fraction of sp³-hybridized carbons (Fsp3) is 0. The minimum absolute atomic E-state index is 0.0178. The summed E-state index contributed by atoms with van der Waals surface area (Å²) in [6, 6.07) is 10.7. The van der Waals surface area contributed by atoms with Crippen molar-refractivity contribution in [2.24, 2.45) is 0 Å². The van der Waals surface area contributed by atoms with Gasteiger partial charge < -0.3 is 4.74 Å². The average Bonchev–Trinajstić information content (AvgIpc) is 3.03. The molecule has 24 heavy (non-hydrogen) atoms. The molecule has 6 nitrogen and oxygen atoms in total. The van der Waals surface area contributed by atoms with Gasteiger partial charge in [-0.15, -0.1) is 0 Å². The summed E-state index contributed by atoms with van der Waals surface area (Å²) in [5, 5.41) is 5.93. The number of aromatic nitrogens is 2. The Morgan fingerprint density at radius 3 is 2.50 bits per heavy atom. The number of anilines is 1. The maximum absolute atomic E-state index is 14.5. The number of benzene rings is 2. The lowest BCUT2D eigenvalue weighted by atomic mass is 10.3. The number of hydrogen-bond donors (Lipinski definition) is 2. The van der Waals surface area contributed by atoms with Gasteiger partial charge in [-0.1, -0.05) is 18.2 Å². The SMILES string of the molecule is O=S(=O)(Nc1ccn[nH]1)c1cc(F)cc(Oc2ccccc2)c1F. The zero-order valence-electron chi connectivity index (χ0n) is 12.0. The summed E-state index contributed by atoms with van der Waals surface area (Å²) in [4.78, 5) is -0.872. The molecule has 2 N–H and O–H groups in total. The molecule has 2 aromatic carbocycles. The molecule has 124 valence electrons. The predicted molar refractivity (Wildman–Crippen MR) is 82.3 cm³/mol. The summed E-state index contributed by atoms with van der Waals surface area (Å²) in [5.74, 6) is -2.43. The lowest BCUT2D eigenvalue weighted by Gasteiger charge is -2.11. The first-order valence-corrected chi connectivity index (χ1v) is 8.18. The number of rotatable bonds is 5. The molecule has 0 aliphatic rings. The largest absolute Gasteiger partial charge is 0.454 e. The van der Waals surface area contributed by atoms with Crippen molar-refractivity contribution in [1.82, 2.24) is 10.2 Å². The summed E-state index contributed by atoms with van der Waals surface area (Å²) < 4.78 is 60.1. The predicted octanol–water partition coefficient (Wildman–Crippen LogP) is 3.28. The standard InChI is InChI=1S/C15H11F2N3O3S/c16-10-8-12(23-11-4-2-1-3-5-11)15(17)13(9-10)24(21,22)20-14-6-7-18-19-14/h1-9H,(H2,18,19,20). The normalized spacial score (nSPS) is 11.2. The van der Waals surface area contributed by atoms with Crippen LogP contribution in [0.2, 0.25) is 0 Å². The molecule has 0 fully saturated rings. The quantitative estimate of drug-likeness (QED) is 0.739. The van der Waals surface area contributed by atoms with Crippen LogP contribution in [0.1, 0.15) is 0 Å². The summed E-state index contributed by atoms with van der Waals surface area (Å²) in [6.45, 7) is 0. The third-order valence-corrected chi connectivity index (χ3v) is 4.34. The fourth-order valence-electron chi connectivity index (χ4n) is 1.94. The van der Waals surface area contributed by atoms with Crippen molar-refractivity contribution < 1.29 is 21.9 Å². The smallest absolute Gasteiger partial charge is 0.266 e. The Kier molecular flexibility index (Phi) is 4.17. The maximum Gasteiger partial charge on any atom is 0.266 e. The number of nitrogens with one attached hydrogen (secondary N) is 2. The molecule has 0 saturated carbocycles. The van der Waals surface area contributed by atoms with Crippen molar-refractivity contribution in [2.45, 2.75) is 4.90 Å². The highest BCUT2D eigenvalue weighted by molar-refractivity contribution is 7.92. The van der Waals surface area contributed by atoms with E-state index >= 15 is 0 Å². The lowest BCUT2D eigenvalue weighted by Crippen LogP contribution is -2.15. The first-order chi connectivity index (χ1) is 11.5. The van der Waals surface area contributed by atoms with E-state index in [0.717, 1.165) is 6.07 Å². The van der Waals surface area contributed by atoms with Gasteiger partial charge in [-0.25, -0.2) is 17.2 Å². The molecule has 0 amide bonds. The van der Waals surface area contributed by atoms with Crippen molar-refractivity contribution in [1.29, 1.82) is 0 Å². The Balaban J connectivity index is 1.99. The van der Waals surface area contributed by atoms with Gasteiger partial charge in [-0.05, 0) is 18.2 Å². The van der Waals surface area contributed by atoms with Crippen LogP contribution in [-0.4, -0.2) is 18.6 Å². The number of hydrogen-bond acceptors (Lipinski definition) is 4. The molecule has 0 aliphatic heterocycles. The molecule has 3 rings (SSSR count). The number of H-pyrrole nitrogens is 1. The first-order valence-electron chi connectivity index (χ1n) is 6.70.